The van der Waals surface area contributed by atoms with Crippen LogP contribution in [0.3, 0.4) is 0 Å². The van der Waals surface area contributed by atoms with Crippen molar-refractivity contribution in [2.45, 2.75) is 37.3 Å². The predicted molar refractivity (Wildman–Crippen MR) is 81.6 cm³/mol. The molecule has 0 radical (unpaired) electrons. The number of carbonyl (C=O) groups excluding carboxylic acids is 1. The molecule has 0 aliphatic heterocycles. The number of aryl methyl sites for hydroxylation is 1. The molecule has 1 aromatic carbocycles. The molecule has 0 bridgehead atoms. The third kappa shape index (κ3) is 3.85. The van der Waals surface area contributed by atoms with Crippen LogP contribution in [0.25, 0.3) is 0 Å². The Balaban J connectivity index is 2.14. The molecule has 1 aromatic heterocycles. The van der Waals surface area contributed by atoms with Crippen LogP contribution in [0, 0.1) is 6.92 Å². The van der Waals surface area contributed by atoms with Gasteiger partial charge >= 0.3 is 0 Å². The maximum Gasteiger partial charge on any atom is 0.288 e. The number of benzene rings is 1. The molecule has 118 valence electrons. The number of nitrogens with zero attached hydrogens (tertiary/aromatic N) is 1. The van der Waals surface area contributed by atoms with E-state index in [1.165, 1.54) is 12.1 Å². The molecule has 2 rings (SSSR count). The van der Waals surface area contributed by atoms with Gasteiger partial charge < -0.3 is 9.84 Å². The number of hydrogen-bond donors (Lipinski definition) is 1. The van der Waals surface area contributed by atoms with Gasteiger partial charge in [-0.05, 0) is 31.2 Å². The van der Waals surface area contributed by atoms with E-state index in [-0.39, 0.29) is 11.8 Å². The van der Waals surface area contributed by atoms with Gasteiger partial charge in [0, 0.05) is 16.5 Å². The molecule has 1 N–H and O–H groups in total. The highest BCUT2D eigenvalue weighted by atomic mass is 32.2. The van der Waals surface area contributed by atoms with Gasteiger partial charge in [-0.1, -0.05) is 30.8 Å². The quantitative estimate of drug-likeness (QED) is 0.811. The zero-order valence-corrected chi connectivity index (χ0v) is 13.2. The van der Waals surface area contributed by atoms with Crippen LogP contribution < -0.4 is 5.32 Å². The van der Waals surface area contributed by atoms with Gasteiger partial charge in [-0.2, -0.15) is 8.78 Å². The molecule has 0 aliphatic rings. The van der Waals surface area contributed by atoms with Crippen molar-refractivity contribution in [3.05, 3.63) is 41.3 Å². The Hall–Kier alpha value is -1.89. The Morgan fingerprint density at radius 3 is 2.45 bits per heavy atom. The lowest BCUT2D eigenvalue weighted by Gasteiger charge is -2.08. The molecule has 1 heterocycles. The van der Waals surface area contributed by atoms with Crippen LogP contribution in [-0.2, 0) is 0 Å². The number of aromatic nitrogens is 1. The largest absolute Gasteiger partial charge is 0.360 e. The van der Waals surface area contributed by atoms with Crippen LogP contribution in [-0.4, -0.2) is 16.8 Å². The minimum Gasteiger partial charge on any atom is -0.360 e. The summed E-state index contributed by atoms with van der Waals surface area (Å²) in [6, 6.07) is 6.24. The smallest absolute Gasteiger partial charge is 0.288 e. The first-order chi connectivity index (χ1) is 10.4. The summed E-state index contributed by atoms with van der Waals surface area (Å²) in [6.07, 6.45) is 0. The summed E-state index contributed by atoms with van der Waals surface area (Å²) < 4.78 is 29.7. The lowest BCUT2D eigenvalue weighted by molar-refractivity contribution is 0.102. The lowest BCUT2D eigenvalue weighted by Crippen LogP contribution is -2.14. The van der Waals surface area contributed by atoms with Crippen molar-refractivity contribution in [3.8, 4) is 0 Å². The third-order valence-electron chi connectivity index (χ3n) is 2.98. The first kappa shape index (κ1) is 16.5. The topological polar surface area (TPSA) is 55.1 Å². The molecule has 2 aromatic rings. The molecule has 0 spiro atoms. The number of nitrogens with one attached hydrogen (secondary N) is 1. The molecule has 0 saturated carbocycles. The van der Waals surface area contributed by atoms with Crippen LogP contribution in [0.5, 0.6) is 0 Å². The normalized spacial score (nSPS) is 11.2. The van der Waals surface area contributed by atoms with Crippen molar-refractivity contribution < 1.29 is 18.1 Å². The van der Waals surface area contributed by atoms with Gasteiger partial charge in [-0.3, -0.25) is 4.79 Å². The summed E-state index contributed by atoms with van der Waals surface area (Å²) in [4.78, 5) is 12.8. The number of alkyl halides is 2. The van der Waals surface area contributed by atoms with Gasteiger partial charge in [-0.25, -0.2) is 0 Å². The van der Waals surface area contributed by atoms with Crippen LogP contribution in [0.2, 0.25) is 0 Å². The summed E-state index contributed by atoms with van der Waals surface area (Å²) in [5.41, 5.74) is 1.46. The Kier molecular flexibility index (Phi) is 5.18. The van der Waals surface area contributed by atoms with Crippen molar-refractivity contribution >= 4 is 23.4 Å². The summed E-state index contributed by atoms with van der Waals surface area (Å²) in [5, 5.41) is 6.55. The van der Waals surface area contributed by atoms with E-state index in [1.54, 1.807) is 19.1 Å². The fourth-order valence-corrected chi connectivity index (χ4v) is 2.47. The second-order valence-corrected chi connectivity index (χ2v) is 6.08. The van der Waals surface area contributed by atoms with Crippen molar-refractivity contribution in [1.29, 1.82) is 0 Å². The fraction of sp³-hybridized carbons (Fsp3) is 0.333. The average molecular weight is 326 g/mol. The first-order valence-electron chi connectivity index (χ1n) is 6.71. The molecule has 22 heavy (non-hydrogen) atoms. The Morgan fingerprint density at radius 2 is 1.91 bits per heavy atom. The number of rotatable bonds is 5. The Morgan fingerprint density at radius 1 is 1.27 bits per heavy atom. The second-order valence-electron chi connectivity index (χ2n) is 5.02. The first-order valence-corrected chi connectivity index (χ1v) is 7.59. The predicted octanol–water partition coefficient (Wildman–Crippen LogP) is 4.67. The number of anilines is 1. The maximum absolute atomic E-state index is 12.3. The van der Waals surface area contributed by atoms with Crippen LogP contribution >= 0.6 is 11.8 Å². The molecule has 4 nitrogen and oxygen atoms in total. The molecule has 1 amide bonds. The molecular formula is C15H16F2N2O2S. The molecule has 0 atom stereocenters. The highest BCUT2D eigenvalue weighted by molar-refractivity contribution is 7.99. The van der Waals surface area contributed by atoms with Gasteiger partial charge in [0.15, 0.2) is 5.76 Å². The van der Waals surface area contributed by atoms with E-state index in [2.05, 4.69) is 10.5 Å². The molecule has 0 aliphatic carbocycles. The van der Waals surface area contributed by atoms with E-state index >= 15 is 0 Å². The standard InChI is InChI=1S/C15H16F2N2O2S/c1-8(2)13-12(9(3)19-21-13)14(20)18-10-4-6-11(7-5-10)22-15(16)17/h4-8,15H,1-3H3,(H,18,20). The van der Waals surface area contributed by atoms with Crippen LogP contribution in [0.1, 0.15) is 41.6 Å². The van der Waals surface area contributed by atoms with Crippen molar-refractivity contribution in [1.82, 2.24) is 5.16 Å². The van der Waals surface area contributed by atoms with Gasteiger partial charge in [0.2, 0.25) is 0 Å². The summed E-state index contributed by atoms with van der Waals surface area (Å²) in [6.45, 7) is 5.52. The highest BCUT2D eigenvalue weighted by Crippen LogP contribution is 2.27. The number of carbonyl (C=O) groups is 1. The Labute approximate surface area is 131 Å². The third-order valence-corrected chi connectivity index (χ3v) is 3.70. The molecule has 7 heteroatoms. The lowest BCUT2D eigenvalue weighted by atomic mass is 10.0. The number of thioether (sulfide) groups is 1. The average Bonchev–Trinajstić information content (AvgIpc) is 2.82. The summed E-state index contributed by atoms with van der Waals surface area (Å²) in [5.74, 6) is -2.22. The van der Waals surface area contributed by atoms with Crippen LogP contribution in [0.4, 0.5) is 14.5 Å². The Bertz CT molecular complexity index is 654. The van der Waals surface area contributed by atoms with E-state index in [9.17, 15) is 13.6 Å². The SMILES string of the molecule is Cc1noc(C(C)C)c1C(=O)Nc1ccc(SC(F)F)cc1. The van der Waals surface area contributed by atoms with E-state index in [4.69, 9.17) is 4.52 Å². The molecule has 0 saturated heterocycles. The number of halogens is 2. The van der Waals surface area contributed by atoms with E-state index < -0.39 is 5.76 Å². The van der Waals surface area contributed by atoms with Gasteiger partial charge in [-0.15, -0.1) is 0 Å². The molecule has 0 unspecified atom stereocenters. The zero-order valence-electron chi connectivity index (χ0n) is 12.4. The maximum atomic E-state index is 12.3. The van der Waals surface area contributed by atoms with Gasteiger partial charge in [0.25, 0.3) is 11.7 Å². The number of amides is 1. The van der Waals surface area contributed by atoms with Crippen molar-refractivity contribution in [2.24, 2.45) is 0 Å². The van der Waals surface area contributed by atoms with Gasteiger partial charge in [0.05, 0.1) is 5.69 Å². The fourth-order valence-electron chi connectivity index (χ4n) is 1.97. The molecular weight excluding hydrogens is 310 g/mol. The zero-order chi connectivity index (χ0) is 16.3. The number of hydrogen-bond acceptors (Lipinski definition) is 4. The molecule has 0 fully saturated rings. The second kappa shape index (κ2) is 6.91. The summed E-state index contributed by atoms with van der Waals surface area (Å²) >= 11 is 0.462. The van der Waals surface area contributed by atoms with Crippen LogP contribution in [0.15, 0.2) is 33.7 Å². The minimum atomic E-state index is -2.46. The van der Waals surface area contributed by atoms with E-state index in [1.807, 2.05) is 13.8 Å². The van der Waals surface area contributed by atoms with Crippen molar-refractivity contribution in [3.63, 3.8) is 0 Å². The summed E-state index contributed by atoms with van der Waals surface area (Å²) in [7, 11) is 0. The van der Waals surface area contributed by atoms with E-state index in [0.29, 0.717) is 39.4 Å². The minimum absolute atomic E-state index is 0.0340. The van der Waals surface area contributed by atoms with Crippen molar-refractivity contribution in [2.75, 3.05) is 5.32 Å². The highest BCUT2D eigenvalue weighted by Gasteiger charge is 2.22. The van der Waals surface area contributed by atoms with Gasteiger partial charge in [0.1, 0.15) is 5.56 Å². The van der Waals surface area contributed by atoms with E-state index in [0.717, 1.165) is 0 Å². The monoisotopic (exact) mass is 326 g/mol.